The van der Waals surface area contributed by atoms with Crippen molar-refractivity contribution in [2.75, 3.05) is 0 Å². The van der Waals surface area contributed by atoms with Gasteiger partial charge in [0.25, 0.3) is 10.1 Å². The second kappa shape index (κ2) is 18.9. The number of aliphatic hydroxyl groups is 1. The first-order valence-corrected chi connectivity index (χ1v) is 13.6. The van der Waals surface area contributed by atoms with Crippen LogP contribution in [0.15, 0.2) is 0 Å². The molecule has 0 aliphatic carbocycles. The summed E-state index contributed by atoms with van der Waals surface area (Å²) in [5.41, 5.74) is 0. The monoisotopic (exact) mass is 420 g/mol. The maximum Gasteiger partial charge on any atom is 0.267 e. The quantitative estimate of drug-likeness (QED) is 0.154. The fourth-order valence-electron chi connectivity index (χ4n) is 3.81. The van der Waals surface area contributed by atoms with E-state index in [9.17, 15) is 18.1 Å². The lowest BCUT2D eigenvalue weighted by atomic mass is 10.0. The van der Waals surface area contributed by atoms with Gasteiger partial charge in [0.2, 0.25) is 0 Å². The van der Waals surface area contributed by atoms with Crippen molar-refractivity contribution in [3.8, 4) is 0 Å². The van der Waals surface area contributed by atoms with Crippen LogP contribution in [0.5, 0.6) is 0 Å². The van der Waals surface area contributed by atoms with Crippen LogP contribution in [-0.2, 0) is 10.1 Å². The number of unbranched alkanes of at least 4 members (excludes halogenated alkanes) is 12. The van der Waals surface area contributed by atoms with Crippen molar-refractivity contribution in [3.05, 3.63) is 0 Å². The van der Waals surface area contributed by atoms with Crippen LogP contribution >= 0.6 is 0 Å². The highest BCUT2D eigenvalue weighted by atomic mass is 32.2. The molecule has 0 saturated carbocycles. The van der Waals surface area contributed by atoms with Crippen LogP contribution in [0, 0.1) is 0 Å². The summed E-state index contributed by atoms with van der Waals surface area (Å²) in [7, 11) is -3.91. The van der Waals surface area contributed by atoms with Gasteiger partial charge in [-0.2, -0.15) is 8.42 Å². The lowest BCUT2D eigenvalue weighted by molar-refractivity contribution is 0.147. The number of hydrogen-bond acceptors (Lipinski definition) is 3. The Kier molecular flexibility index (Phi) is 18.8. The van der Waals surface area contributed by atoms with Gasteiger partial charge in [0, 0.05) is 0 Å². The largest absolute Gasteiger partial charge is 0.393 e. The summed E-state index contributed by atoms with van der Waals surface area (Å²) < 4.78 is 32.1. The molecular formula is C23H48O4S. The smallest absolute Gasteiger partial charge is 0.267 e. The van der Waals surface area contributed by atoms with Gasteiger partial charge in [0.15, 0.2) is 0 Å². The van der Waals surface area contributed by atoms with Gasteiger partial charge in [-0.1, -0.05) is 110 Å². The molecule has 28 heavy (non-hydrogen) atoms. The average molecular weight is 421 g/mol. The standard InChI is InChI=1S/C23H48O4S/c1-3-5-7-8-9-10-11-12-15-18-22(24)19-16-13-14-17-21-23(20-6-4-2)28(25,26)27/h22-24H,3-21H2,1-2H3,(H,25,26,27). The molecule has 0 rings (SSSR count). The maximum atomic E-state index is 11.4. The predicted molar refractivity (Wildman–Crippen MR) is 120 cm³/mol. The van der Waals surface area contributed by atoms with Gasteiger partial charge >= 0.3 is 0 Å². The summed E-state index contributed by atoms with van der Waals surface area (Å²) in [6.45, 7) is 4.28. The second-order valence-corrected chi connectivity index (χ2v) is 10.2. The molecule has 0 aromatic heterocycles. The van der Waals surface area contributed by atoms with Crippen LogP contribution in [-0.4, -0.2) is 29.4 Å². The Labute approximate surface area is 175 Å². The Morgan fingerprint density at radius 1 is 0.571 bits per heavy atom. The van der Waals surface area contributed by atoms with Crippen molar-refractivity contribution < 1.29 is 18.1 Å². The third-order valence-corrected chi connectivity index (χ3v) is 7.07. The Bertz CT molecular complexity index is 422. The SMILES string of the molecule is CCCCCCCCCCCC(O)CCCCCCC(CCCC)S(=O)(=O)O. The molecule has 0 bridgehead atoms. The predicted octanol–water partition coefficient (Wildman–Crippen LogP) is 7.06. The molecule has 0 heterocycles. The number of rotatable bonds is 21. The molecule has 0 aromatic rings. The first kappa shape index (κ1) is 27.9. The molecule has 170 valence electrons. The molecule has 2 atom stereocenters. The molecule has 0 amide bonds. The van der Waals surface area contributed by atoms with Gasteiger partial charge in [-0.15, -0.1) is 0 Å². The molecule has 2 unspecified atom stereocenters. The van der Waals surface area contributed by atoms with Crippen LogP contribution in [0.4, 0.5) is 0 Å². The molecule has 4 nitrogen and oxygen atoms in total. The fraction of sp³-hybridized carbons (Fsp3) is 1.00. The van der Waals surface area contributed by atoms with E-state index < -0.39 is 15.4 Å². The van der Waals surface area contributed by atoms with Gasteiger partial charge in [-0.05, 0) is 25.7 Å². The van der Waals surface area contributed by atoms with Crippen LogP contribution in [0.1, 0.15) is 136 Å². The van der Waals surface area contributed by atoms with Gasteiger partial charge in [0.1, 0.15) is 0 Å². The number of hydrogen-bond donors (Lipinski definition) is 2. The highest BCUT2D eigenvalue weighted by molar-refractivity contribution is 7.86. The zero-order chi connectivity index (χ0) is 21.1. The maximum absolute atomic E-state index is 11.4. The van der Waals surface area contributed by atoms with E-state index in [0.29, 0.717) is 12.8 Å². The molecule has 5 heteroatoms. The Morgan fingerprint density at radius 3 is 1.36 bits per heavy atom. The van der Waals surface area contributed by atoms with E-state index in [2.05, 4.69) is 6.92 Å². The Hall–Kier alpha value is -0.130. The van der Waals surface area contributed by atoms with Gasteiger partial charge in [0.05, 0.1) is 11.4 Å². The molecule has 2 N–H and O–H groups in total. The highest BCUT2D eigenvalue weighted by Crippen LogP contribution is 2.18. The molecule has 0 aromatic carbocycles. The summed E-state index contributed by atoms with van der Waals surface area (Å²) in [6, 6.07) is 0. The minimum absolute atomic E-state index is 0.181. The minimum atomic E-state index is -3.91. The van der Waals surface area contributed by atoms with E-state index in [1.165, 1.54) is 51.4 Å². The van der Waals surface area contributed by atoms with Crippen molar-refractivity contribution >= 4 is 10.1 Å². The van der Waals surface area contributed by atoms with E-state index in [4.69, 9.17) is 0 Å². The molecule has 0 aliphatic rings. The lowest BCUT2D eigenvalue weighted by Crippen LogP contribution is -2.20. The van der Waals surface area contributed by atoms with E-state index in [1.54, 1.807) is 0 Å². The highest BCUT2D eigenvalue weighted by Gasteiger charge is 2.21. The Morgan fingerprint density at radius 2 is 0.929 bits per heavy atom. The summed E-state index contributed by atoms with van der Waals surface area (Å²) in [5, 5.41) is 9.49. The van der Waals surface area contributed by atoms with Crippen LogP contribution in [0.2, 0.25) is 0 Å². The molecule has 0 saturated heterocycles. The van der Waals surface area contributed by atoms with Crippen molar-refractivity contribution in [2.24, 2.45) is 0 Å². The summed E-state index contributed by atoms with van der Waals surface area (Å²) in [6.07, 6.45) is 20.1. The van der Waals surface area contributed by atoms with Gasteiger partial charge in [-0.25, -0.2) is 0 Å². The minimum Gasteiger partial charge on any atom is -0.393 e. The molecule has 0 aliphatic heterocycles. The third kappa shape index (κ3) is 17.9. The van der Waals surface area contributed by atoms with E-state index in [1.807, 2.05) is 6.92 Å². The second-order valence-electron chi connectivity index (χ2n) is 8.54. The zero-order valence-electron chi connectivity index (χ0n) is 18.7. The first-order valence-electron chi connectivity index (χ1n) is 12.1. The summed E-state index contributed by atoms with van der Waals surface area (Å²) in [5.74, 6) is 0. The van der Waals surface area contributed by atoms with Crippen molar-refractivity contribution in [1.82, 2.24) is 0 Å². The van der Waals surface area contributed by atoms with Crippen molar-refractivity contribution in [3.63, 3.8) is 0 Å². The summed E-state index contributed by atoms with van der Waals surface area (Å²) >= 11 is 0. The fourth-order valence-corrected chi connectivity index (χ4v) is 4.74. The van der Waals surface area contributed by atoms with Gasteiger partial charge in [-0.3, -0.25) is 4.55 Å². The topological polar surface area (TPSA) is 74.6 Å². The van der Waals surface area contributed by atoms with Crippen molar-refractivity contribution in [1.29, 1.82) is 0 Å². The average Bonchev–Trinajstić information content (AvgIpc) is 2.64. The van der Waals surface area contributed by atoms with Crippen LogP contribution < -0.4 is 0 Å². The van der Waals surface area contributed by atoms with Crippen molar-refractivity contribution in [2.45, 2.75) is 147 Å². The molecule has 0 spiro atoms. The third-order valence-electron chi connectivity index (χ3n) is 5.76. The number of aliphatic hydroxyl groups excluding tert-OH is 1. The first-order chi connectivity index (χ1) is 13.4. The van der Waals surface area contributed by atoms with E-state index >= 15 is 0 Å². The van der Waals surface area contributed by atoms with Gasteiger partial charge < -0.3 is 5.11 Å². The zero-order valence-corrected chi connectivity index (χ0v) is 19.5. The Balaban J connectivity index is 3.52. The van der Waals surface area contributed by atoms with E-state index in [0.717, 1.165) is 57.8 Å². The molecule has 0 radical (unpaired) electrons. The summed E-state index contributed by atoms with van der Waals surface area (Å²) in [4.78, 5) is 0. The normalized spacial score (nSPS) is 14.3. The van der Waals surface area contributed by atoms with Crippen LogP contribution in [0.3, 0.4) is 0 Å². The molecule has 0 fully saturated rings. The molecular weight excluding hydrogens is 372 g/mol. The van der Waals surface area contributed by atoms with E-state index in [-0.39, 0.29) is 6.10 Å². The lowest BCUT2D eigenvalue weighted by Gasteiger charge is -2.13. The van der Waals surface area contributed by atoms with Crippen LogP contribution in [0.25, 0.3) is 0 Å².